The predicted molar refractivity (Wildman–Crippen MR) is 88.0 cm³/mol. The summed E-state index contributed by atoms with van der Waals surface area (Å²) < 4.78 is 18.3. The maximum Gasteiger partial charge on any atom is 0.282 e. The van der Waals surface area contributed by atoms with Gasteiger partial charge in [-0.3, -0.25) is 15.0 Å². The number of halogens is 2. The first-order valence-corrected chi connectivity index (χ1v) is 7.33. The van der Waals surface area contributed by atoms with Crippen molar-refractivity contribution in [3.63, 3.8) is 0 Å². The summed E-state index contributed by atoms with van der Waals surface area (Å²) in [6.45, 7) is 0. The topological polar surface area (TPSA) is 58.6 Å². The molecule has 0 unspecified atom stereocenters. The molecule has 2 amide bonds. The highest BCUT2D eigenvalue weighted by molar-refractivity contribution is 6.33. The number of methoxy groups -OCH3 is 1. The summed E-state index contributed by atoms with van der Waals surface area (Å²) in [4.78, 5) is 24.5. The lowest BCUT2D eigenvalue weighted by atomic mass is 10.1. The first kappa shape index (κ1) is 16.0. The molecule has 0 aromatic heterocycles. The van der Waals surface area contributed by atoms with Gasteiger partial charge in [0.25, 0.3) is 11.8 Å². The summed E-state index contributed by atoms with van der Waals surface area (Å²) in [6, 6.07) is 10.7. The normalized spacial score (nSPS) is 15.8. The SMILES string of the molecule is COc1ccc(/C=C2/C(=O)NN(c3ccc(F)c(Cl)c3)C2=O)cc1. The highest BCUT2D eigenvalue weighted by Gasteiger charge is 2.34. The molecule has 24 heavy (non-hydrogen) atoms. The summed E-state index contributed by atoms with van der Waals surface area (Å²) in [5, 5.41) is 0.894. The van der Waals surface area contributed by atoms with E-state index in [4.69, 9.17) is 16.3 Å². The molecule has 1 fully saturated rings. The van der Waals surface area contributed by atoms with Crippen LogP contribution < -0.4 is 15.2 Å². The van der Waals surface area contributed by atoms with Crippen LogP contribution in [0.3, 0.4) is 0 Å². The predicted octanol–water partition coefficient (Wildman–Crippen LogP) is 2.95. The van der Waals surface area contributed by atoms with Gasteiger partial charge in [0, 0.05) is 0 Å². The summed E-state index contributed by atoms with van der Waals surface area (Å²) in [5.74, 6) is -1.02. The zero-order valence-electron chi connectivity index (χ0n) is 12.5. The third-order valence-corrected chi connectivity index (χ3v) is 3.77. The van der Waals surface area contributed by atoms with Gasteiger partial charge in [0.1, 0.15) is 17.1 Å². The quantitative estimate of drug-likeness (QED) is 0.686. The van der Waals surface area contributed by atoms with Crippen molar-refractivity contribution in [1.29, 1.82) is 0 Å². The third-order valence-electron chi connectivity index (χ3n) is 3.48. The number of amides is 2. The van der Waals surface area contributed by atoms with Crippen LogP contribution in [0.2, 0.25) is 5.02 Å². The minimum absolute atomic E-state index is 0.0272. The summed E-state index contributed by atoms with van der Waals surface area (Å²) in [6.07, 6.45) is 1.47. The van der Waals surface area contributed by atoms with Crippen molar-refractivity contribution >= 4 is 35.2 Å². The number of anilines is 1. The van der Waals surface area contributed by atoms with E-state index in [2.05, 4.69) is 5.43 Å². The van der Waals surface area contributed by atoms with Gasteiger partial charge < -0.3 is 4.74 Å². The molecule has 3 rings (SSSR count). The molecule has 122 valence electrons. The molecule has 2 aromatic carbocycles. The number of nitrogens with one attached hydrogen (secondary N) is 1. The van der Waals surface area contributed by atoms with Crippen molar-refractivity contribution in [2.45, 2.75) is 0 Å². The Morgan fingerprint density at radius 1 is 1.17 bits per heavy atom. The van der Waals surface area contributed by atoms with Gasteiger partial charge >= 0.3 is 0 Å². The van der Waals surface area contributed by atoms with Gasteiger partial charge in [-0.05, 0) is 42.0 Å². The van der Waals surface area contributed by atoms with Crippen molar-refractivity contribution in [2.75, 3.05) is 12.1 Å². The molecule has 0 bridgehead atoms. The monoisotopic (exact) mass is 346 g/mol. The second kappa shape index (κ2) is 6.33. The molecule has 1 heterocycles. The van der Waals surface area contributed by atoms with Crippen LogP contribution in [-0.4, -0.2) is 18.9 Å². The van der Waals surface area contributed by atoms with Crippen LogP contribution in [0.15, 0.2) is 48.0 Å². The lowest BCUT2D eigenvalue weighted by Crippen LogP contribution is -2.35. The lowest BCUT2D eigenvalue weighted by molar-refractivity contribution is -0.117. The van der Waals surface area contributed by atoms with Gasteiger partial charge in [-0.2, -0.15) is 0 Å². The van der Waals surface area contributed by atoms with Crippen molar-refractivity contribution < 1.29 is 18.7 Å². The Balaban J connectivity index is 1.90. The number of rotatable bonds is 3. The van der Waals surface area contributed by atoms with Crippen LogP contribution in [0.5, 0.6) is 5.75 Å². The average molecular weight is 347 g/mol. The van der Waals surface area contributed by atoms with Gasteiger partial charge in [0.05, 0.1) is 17.8 Å². The van der Waals surface area contributed by atoms with E-state index in [1.807, 2.05) is 0 Å². The zero-order chi connectivity index (χ0) is 17.3. The van der Waals surface area contributed by atoms with E-state index in [0.717, 1.165) is 11.1 Å². The smallest absolute Gasteiger partial charge is 0.282 e. The van der Waals surface area contributed by atoms with Gasteiger partial charge in [-0.15, -0.1) is 0 Å². The lowest BCUT2D eigenvalue weighted by Gasteiger charge is -2.14. The molecule has 5 nitrogen and oxygen atoms in total. The number of ether oxygens (including phenoxy) is 1. The highest BCUT2D eigenvalue weighted by atomic mass is 35.5. The Morgan fingerprint density at radius 3 is 2.50 bits per heavy atom. The third kappa shape index (κ3) is 2.96. The van der Waals surface area contributed by atoms with Crippen LogP contribution >= 0.6 is 11.6 Å². The molecule has 0 saturated carbocycles. The fourth-order valence-corrected chi connectivity index (χ4v) is 2.40. The molecule has 1 aliphatic rings. The number of hydrogen-bond donors (Lipinski definition) is 1. The Kier molecular flexibility index (Phi) is 4.22. The second-order valence-corrected chi connectivity index (χ2v) is 5.42. The van der Waals surface area contributed by atoms with E-state index in [-0.39, 0.29) is 16.3 Å². The molecule has 0 atom stereocenters. The Labute approximate surface area is 142 Å². The van der Waals surface area contributed by atoms with Gasteiger partial charge in [-0.25, -0.2) is 9.40 Å². The molecule has 1 N–H and O–H groups in total. The van der Waals surface area contributed by atoms with Crippen LogP contribution in [0.25, 0.3) is 6.08 Å². The van der Waals surface area contributed by atoms with Gasteiger partial charge in [0.2, 0.25) is 0 Å². The molecule has 7 heteroatoms. The number of carbonyl (C=O) groups is 2. The molecule has 0 spiro atoms. The van der Waals surface area contributed by atoms with E-state index in [1.165, 1.54) is 18.2 Å². The molecule has 2 aromatic rings. The first-order valence-electron chi connectivity index (χ1n) is 6.96. The Morgan fingerprint density at radius 2 is 1.88 bits per heavy atom. The van der Waals surface area contributed by atoms with Crippen LogP contribution in [-0.2, 0) is 9.59 Å². The van der Waals surface area contributed by atoms with E-state index >= 15 is 0 Å². The largest absolute Gasteiger partial charge is 0.497 e. The second-order valence-electron chi connectivity index (χ2n) is 5.01. The van der Waals surface area contributed by atoms with E-state index < -0.39 is 17.6 Å². The number of nitrogens with zero attached hydrogens (tertiary/aromatic N) is 1. The number of benzene rings is 2. The van der Waals surface area contributed by atoms with Crippen molar-refractivity contribution in [1.82, 2.24) is 5.43 Å². The van der Waals surface area contributed by atoms with E-state index in [0.29, 0.717) is 11.3 Å². The molecule has 0 aliphatic carbocycles. The van der Waals surface area contributed by atoms with Gasteiger partial charge in [-0.1, -0.05) is 23.7 Å². The van der Waals surface area contributed by atoms with E-state index in [9.17, 15) is 14.0 Å². The molecule has 1 aliphatic heterocycles. The summed E-state index contributed by atoms with van der Waals surface area (Å²) in [5.41, 5.74) is 3.35. The molecule has 0 radical (unpaired) electrons. The fraction of sp³-hybridized carbons (Fsp3) is 0.0588. The van der Waals surface area contributed by atoms with Crippen LogP contribution in [0.4, 0.5) is 10.1 Å². The molecular weight excluding hydrogens is 335 g/mol. The minimum Gasteiger partial charge on any atom is -0.497 e. The van der Waals surface area contributed by atoms with Crippen LogP contribution in [0.1, 0.15) is 5.56 Å². The zero-order valence-corrected chi connectivity index (χ0v) is 13.3. The summed E-state index contributed by atoms with van der Waals surface area (Å²) in [7, 11) is 1.55. The summed E-state index contributed by atoms with van der Waals surface area (Å²) >= 11 is 5.72. The Bertz CT molecular complexity index is 849. The van der Waals surface area contributed by atoms with Crippen molar-refractivity contribution in [3.05, 3.63) is 64.4 Å². The molecule has 1 saturated heterocycles. The van der Waals surface area contributed by atoms with Crippen molar-refractivity contribution in [2.24, 2.45) is 0 Å². The fourth-order valence-electron chi connectivity index (χ4n) is 2.23. The maximum atomic E-state index is 13.2. The number of carbonyl (C=O) groups excluding carboxylic acids is 2. The Hall–Kier alpha value is -2.86. The average Bonchev–Trinajstić information content (AvgIpc) is 2.86. The first-order chi connectivity index (χ1) is 11.5. The highest BCUT2D eigenvalue weighted by Crippen LogP contribution is 2.26. The minimum atomic E-state index is -0.604. The standard InChI is InChI=1S/C17H12ClFN2O3/c1-24-12-5-2-10(3-6-12)8-13-16(22)20-21(17(13)23)11-4-7-15(19)14(18)9-11/h2-9H,1H3,(H,20,22)/b13-8-. The number of hydrogen-bond acceptors (Lipinski definition) is 3. The number of hydrazine groups is 1. The van der Waals surface area contributed by atoms with E-state index in [1.54, 1.807) is 31.4 Å². The van der Waals surface area contributed by atoms with Gasteiger partial charge in [0.15, 0.2) is 0 Å². The van der Waals surface area contributed by atoms with Crippen LogP contribution in [0, 0.1) is 5.82 Å². The molecular formula is C17H12ClFN2O3. The maximum absolute atomic E-state index is 13.2. The van der Waals surface area contributed by atoms with Crippen molar-refractivity contribution in [3.8, 4) is 5.75 Å².